The van der Waals surface area contributed by atoms with E-state index in [0.717, 1.165) is 30.9 Å². The maximum atomic E-state index is 11.3. The van der Waals surface area contributed by atoms with E-state index in [-0.39, 0.29) is 5.78 Å². The molecule has 2 aromatic rings. The summed E-state index contributed by atoms with van der Waals surface area (Å²) in [7, 11) is 0. The third kappa shape index (κ3) is 2.41. The molecule has 1 aromatic heterocycles. The van der Waals surface area contributed by atoms with E-state index in [1.54, 1.807) is 6.92 Å². The number of benzene rings is 1. The van der Waals surface area contributed by atoms with Crippen molar-refractivity contribution in [1.82, 2.24) is 4.57 Å². The van der Waals surface area contributed by atoms with Crippen molar-refractivity contribution in [3.63, 3.8) is 0 Å². The van der Waals surface area contributed by atoms with Crippen LogP contribution in [-0.2, 0) is 6.54 Å². The quantitative estimate of drug-likeness (QED) is 0.788. The van der Waals surface area contributed by atoms with Crippen molar-refractivity contribution in [2.75, 3.05) is 6.61 Å². The van der Waals surface area contributed by atoms with Crippen LogP contribution in [-0.4, -0.2) is 17.0 Å². The summed E-state index contributed by atoms with van der Waals surface area (Å²) in [6.07, 6.45) is 4.93. The Morgan fingerprint density at radius 1 is 1.37 bits per heavy atom. The molecule has 0 spiro atoms. The summed E-state index contributed by atoms with van der Waals surface area (Å²) in [6, 6.07) is 10.1. The SMILES string of the molecule is CC(=O)c1ccn(CC2CCOc3ccccc32)c1. The summed E-state index contributed by atoms with van der Waals surface area (Å²) in [5.41, 5.74) is 2.05. The lowest BCUT2D eigenvalue weighted by atomic mass is 9.93. The van der Waals surface area contributed by atoms with Gasteiger partial charge in [-0.1, -0.05) is 18.2 Å². The predicted molar refractivity (Wildman–Crippen MR) is 73.7 cm³/mol. The highest BCUT2D eigenvalue weighted by Crippen LogP contribution is 2.34. The molecule has 0 bridgehead atoms. The molecule has 3 heteroatoms. The lowest BCUT2D eigenvalue weighted by molar-refractivity contribution is 0.101. The van der Waals surface area contributed by atoms with Gasteiger partial charge in [0.05, 0.1) is 6.61 Å². The fourth-order valence-corrected chi connectivity index (χ4v) is 2.62. The van der Waals surface area contributed by atoms with E-state index < -0.39 is 0 Å². The molecule has 1 aliphatic rings. The van der Waals surface area contributed by atoms with Gasteiger partial charge in [-0.3, -0.25) is 4.79 Å². The van der Waals surface area contributed by atoms with E-state index in [1.807, 2.05) is 30.6 Å². The van der Waals surface area contributed by atoms with Crippen LogP contribution in [0, 0.1) is 0 Å². The Labute approximate surface area is 112 Å². The van der Waals surface area contributed by atoms with E-state index in [9.17, 15) is 4.79 Å². The minimum absolute atomic E-state index is 0.117. The topological polar surface area (TPSA) is 31.2 Å². The van der Waals surface area contributed by atoms with Crippen LogP contribution in [0.4, 0.5) is 0 Å². The average Bonchev–Trinajstić information content (AvgIpc) is 2.88. The van der Waals surface area contributed by atoms with Crippen LogP contribution in [0.3, 0.4) is 0 Å². The molecule has 3 nitrogen and oxygen atoms in total. The van der Waals surface area contributed by atoms with Crippen molar-refractivity contribution in [3.8, 4) is 5.75 Å². The molecule has 0 radical (unpaired) electrons. The van der Waals surface area contributed by atoms with Crippen molar-refractivity contribution in [3.05, 3.63) is 53.9 Å². The monoisotopic (exact) mass is 255 g/mol. The molecular formula is C16H17NO2. The maximum absolute atomic E-state index is 11.3. The summed E-state index contributed by atoms with van der Waals surface area (Å²) in [6.45, 7) is 3.26. The molecule has 0 fully saturated rings. The number of carbonyl (C=O) groups excluding carboxylic acids is 1. The first kappa shape index (κ1) is 12.0. The molecule has 1 aromatic carbocycles. The average molecular weight is 255 g/mol. The molecule has 2 heterocycles. The number of nitrogens with zero attached hydrogens (tertiary/aromatic N) is 1. The second-order valence-corrected chi connectivity index (χ2v) is 5.03. The van der Waals surface area contributed by atoms with Crippen molar-refractivity contribution >= 4 is 5.78 Å². The number of Topliss-reactive ketones (excluding diaryl/α,β-unsaturated/α-hetero) is 1. The number of hydrogen-bond donors (Lipinski definition) is 0. The molecule has 3 rings (SSSR count). The van der Waals surface area contributed by atoms with Gasteiger partial charge in [0, 0.05) is 30.4 Å². The largest absolute Gasteiger partial charge is 0.493 e. The van der Waals surface area contributed by atoms with Crippen LogP contribution in [0.1, 0.15) is 35.2 Å². The predicted octanol–water partition coefficient (Wildman–Crippen LogP) is 3.26. The Balaban J connectivity index is 1.82. The zero-order valence-corrected chi connectivity index (χ0v) is 11.0. The van der Waals surface area contributed by atoms with Crippen LogP contribution >= 0.6 is 0 Å². The third-order valence-corrected chi connectivity index (χ3v) is 3.67. The summed E-state index contributed by atoms with van der Waals surface area (Å²) in [4.78, 5) is 11.3. The van der Waals surface area contributed by atoms with Gasteiger partial charge in [0.15, 0.2) is 5.78 Å². The van der Waals surface area contributed by atoms with Crippen LogP contribution in [0.2, 0.25) is 0 Å². The van der Waals surface area contributed by atoms with Crippen LogP contribution in [0.5, 0.6) is 5.75 Å². The second-order valence-electron chi connectivity index (χ2n) is 5.03. The van der Waals surface area contributed by atoms with Crippen LogP contribution in [0.15, 0.2) is 42.7 Å². The van der Waals surface area contributed by atoms with E-state index in [0.29, 0.717) is 5.92 Å². The first-order chi connectivity index (χ1) is 9.24. The lowest BCUT2D eigenvalue weighted by Gasteiger charge is -2.26. The van der Waals surface area contributed by atoms with Crippen molar-refractivity contribution in [2.45, 2.75) is 25.8 Å². The molecule has 0 N–H and O–H groups in total. The number of fused-ring (bicyclic) bond motifs is 1. The van der Waals surface area contributed by atoms with Gasteiger partial charge in [-0.2, -0.15) is 0 Å². The van der Waals surface area contributed by atoms with E-state index >= 15 is 0 Å². The summed E-state index contributed by atoms with van der Waals surface area (Å²) >= 11 is 0. The first-order valence-corrected chi connectivity index (χ1v) is 6.62. The standard InChI is InChI=1S/C16H17NO2/c1-12(18)13-6-8-17(10-13)11-14-7-9-19-16-5-3-2-4-15(14)16/h2-6,8,10,14H,7,9,11H2,1H3. The molecular weight excluding hydrogens is 238 g/mol. The fraction of sp³-hybridized carbons (Fsp3) is 0.312. The first-order valence-electron chi connectivity index (χ1n) is 6.62. The van der Waals surface area contributed by atoms with Crippen LogP contribution in [0.25, 0.3) is 0 Å². The van der Waals surface area contributed by atoms with Crippen LogP contribution < -0.4 is 4.74 Å². The Morgan fingerprint density at radius 2 is 2.21 bits per heavy atom. The minimum atomic E-state index is 0.117. The van der Waals surface area contributed by atoms with E-state index in [4.69, 9.17) is 4.74 Å². The Morgan fingerprint density at radius 3 is 3.00 bits per heavy atom. The molecule has 0 saturated carbocycles. The van der Waals surface area contributed by atoms with Crippen molar-refractivity contribution < 1.29 is 9.53 Å². The summed E-state index contributed by atoms with van der Waals surface area (Å²) in [5.74, 6) is 1.57. The number of ketones is 1. The fourth-order valence-electron chi connectivity index (χ4n) is 2.62. The van der Waals surface area contributed by atoms with E-state index in [1.165, 1.54) is 5.56 Å². The van der Waals surface area contributed by atoms with Crippen molar-refractivity contribution in [2.24, 2.45) is 0 Å². The molecule has 19 heavy (non-hydrogen) atoms. The minimum Gasteiger partial charge on any atom is -0.493 e. The van der Waals surface area contributed by atoms with Gasteiger partial charge in [-0.15, -0.1) is 0 Å². The number of carbonyl (C=O) groups is 1. The molecule has 0 aliphatic carbocycles. The molecule has 1 aliphatic heterocycles. The number of ether oxygens (including phenoxy) is 1. The summed E-state index contributed by atoms with van der Waals surface area (Å²) in [5, 5.41) is 0. The molecule has 0 saturated heterocycles. The Kier molecular flexibility index (Phi) is 3.11. The molecule has 98 valence electrons. The van der Waals surface area contributed by atoms with Gasteiger partial charge in [-0.25, -0.2) is 0 Å². The molecule has 1 atom stereocenters. The van der Waals surface area contributed by atoms with Gasteiger partial charge < -0.3 is 9.30 Å². The van der Waals surface area contributed by atoms with Gasteiger partial charge in [0.2, 0.25) is 0 Å². The third-order valence-electron chi connectivity index (χ3n) is 3.67. The second kappa shape index (κ2) is 4.92. The van der Waals surface area contributed by atoms with E-state index in [2.05, 4.69) is 16.7 Å². The number of rotatable bonds is 3. The van der Waals surface area contributed by atoms with Gasteiger partial charge >= 0.3 is 0 Å². The highest BCUT2D eigenvalue weighted by Gasteiger charge is 2.21. The highest BCUT2D eigenvalue weighted by molar-refractivity contribution is 5.93. The Hall–Kier alpha value is -2.03. The normalized spacial score (nSPS) is 17.6. The van der Waals surface area contributed by atoms with Gasteiger partial charge in [0.1, 0.15) is 5.75 Å². The summed E-state index contributed by atoms with van der Waals surface area (Å²) < 4.78 is 7.77. The van der Waals surface area contributed by atoms with Gasteiger partial charge in [0.25, 0.3) is 0 Å². The number of para-hydroxylation sites is 1. The Bertz CT molecular complexity index is 600. The molecule has 1 unspecified atom stereocenters. The van der Waals surface area contributed by atoms with Crippen molar-refractivity contribution in [1.29, 1.82) is 0 Å². The zero-order chi connectivity index (χ0) is 13.2. The number of hydrogen-bond acceptors (Lipinski definition) is 2. The van der Waals surface area contributed by atoms with Gasteiger partial charge in [-0.05, 0) is 31.0 Å². The number of aromatic nitrogens is 1. The smallest absolute Gasteiger partial charge is 0.161 e. The zero-order valence-electron chi connectivity index (χ0n) is 11.0. The highest BCUT2D eigenvalue weighted by atomic mass is 16.5. The maximum Gasteiger partial charge on any atom is 0.161 e. The molecule has 0 amide bonds. The lowest BCUT2D eigenvalue weighted by Crippen LogP contribution is -2.18.